The molecule has 4 rings (SSSR count). The Morgan fingerprint density at radius 2 is 1.62 bits per heavy atom. The van der Waals surface area contributed by atoms with Crippen LogP contribution in [-0.4, -0.2) is 37.1 Å². The molecule has 6 heteroatoms. The van der Waals surface area contributed by atoms with Gasteiger partial charge in [0, 0.05) is 28.6 Å². The van der Waals surface area contributed by atoms with Crippen LogP contribution in [-0.2, 0) is 11.3 Å². The van der Waals surface area contributed by atoms with E-state index in [1.54, 1.807) is 27.2 Å². The number of ether oxygens (including phenoxy) is 3. The molecule has 1 heterocycles. The first-order valence-electron chi connectivity index (χ1n) is 11.1. The molecule has 0 atom stereocenters. The van der Waals surface area contributed by atoms with E-state index in [2.05, 4.69) is 0 Å². The minimum Gasteiger partial charge on any atom is -0.497 e. The number of methoxy groups -OCH3 is 2. The van der Waals surface area contributed by atoms with Gasteiger partial charge in [0.1, 0.15) is 17.2 Å². The number of carbonyl (C=O) groups excluding carboxylic acids is 2. The van der Waals surface area contributed by atoms with Crippen molar-refractivity contribution in [3.8, 4) is 22.6 Å². The lowest BCUT2D eigenvalue weighted by molar-refractivity contribution is 0.0516. The second kappa shape index (κ2) is 9.83. The van der Waals surface area contributed by atoms with Crippen LogP contribution in [0.3, 0.4) is 0 Å². The fourth-order valence-corrected chi connectivity index (χ4v) is 4.15. The average Bonchev–Trinajstić information content (AvgIpc) is 3.17. The van der Waals surface area contributed by atoms with Crippen LogP contribution >= 0.6 is 0 Å². The minimum atomic E-state index is -0.420. The highest BCUT2D eigenvalue weighted by Crippen LogP contribution is 2.37. The number of ketones is 1. The van der Waals surface area contributed by atoms with Gasteiger partial charge in [-0.1, -0.05) is 24.3 Å². The largest absolute Gasteiger partial charge is 0.497 e. The van der Waals surface area contributed by atoms with E-state index in [9.17, 15) is 9.59 Å². The Hall–Kier alpha value is -4.06. The van der Waals surface area contributed by atoms with Crippen LogP contribution in [0, 0.1) is 0 Å². The quantitative estimate of drug-likeness (QED) is 0.249. The maximum absolute atomic E-state index is 13.3. The molecule has 0 bridgehead atoms. The fourth-order valence-electron chi connectivity index (χ4n) is 4.15. The van der Waals surface area contributed by atoms with E-state index in [0.717, 1.165) is 33.3 Å². The summed E-state index contributed by atoms with van der Waals surface area (Å²) in [4.78, 5) is 25.5. The molecule has 1 aromatic heterocycles. The summed E-state index contributed by atoms with van der Waals surface area (Å²) in [7, 11) is 3.23. The first kappa shape index (κ1) is 23.1. The van der Waals surface area contributed by atoms with Gasteiger partial charge in [-0.3, -0.25) is 4.79 Å². The average molecular weight is 458 g/mol. The molecule has 0 N–H and O–H groups in total. The Bertz CT molecular complexity index is 1350. The Morgan fingerprint density at radius 1 is 0.882 bits per heavy atom. The molecular weight excluding hydrogens is 430 g/mol. The molecule has 0 amide bonds. The summed E-state index contributed by atoms with van der Waals surface area (Å²) in [5.41, 5.74) is 4.38. The van der Waals surface area contributed by atoms with Gasteiger partial charge in [-0.2, -0.15) is 0 Å². The van der Waals surface area contributed by atoms with Crippen molar-refractivity contribution < 1.29 is 23.8 Å². The topological polar surface area (TPSA) is 66.8 Å². The first-order valence-corrected chi connectivity index (χ1v) is 11.1. The lowest BCUT2D eigenvalue weighted by Crippen LogP contribution is -2.14. The molecule has 0 saturated carbocycles. The SMILES string of the molecule is CCOC(=O)c1c(-c2ccc(OC)cc2)c2cc(C(C)=O)ccc2n1Cc1cccc(OC)c1. The van der Waals surface area contributed by atoms with Crippen molar-refractivity contribution in [1.29, 1.82) is 0 Å². The van der Waals surface area contributed by atoms with Crippen LogP contribution < -0.4 is 9.47 Å². The van der Waals surface area contributed by atoms with Crippen molar-refractivity contribution in [2.75, 3.05) is 20.8 Å². The highest BCUT2D eigenvalue weighted by molar-refractivity contribution is 6.10. The van der Waals surface area contributed by atoms with Crippen LogP contribution in [0.5, 0.6) is 11.5 Å². The summed E-state index contributed by atoms with van der Waals surface area (Å²) >= 11 is 0. The molecule has 0 spiro atoms. The number of esters is 1. The lowest BCUT2D eigenvalue weighted by Gasteiger charge is -2.13. The summed E-state index contributed by atoms with van der Waals surface area (Å²) in [5, 5.41) is 0.809. The van der Waals surface area contributed by atoms with E-state index < -0.39 is 5.97 Å². The Labute approximate surface area is 198 Å². The summed E-state index contributed by atoms with van der Waals surface area (Å²) in [6, 6.07) is 20.8. The molecule has 0 saturated heterocycles. The number of hydrogen-bond donors (Lipinski definition) is 0. The molecule has 0 radical (unpaired) electrons. The van der Waals surface area contributed by atoms with Crippen molar-refractivity contribution in [2.24, 2.45) is 0 Å². The van der Waals surface area contributed by atoms with Gasteiger partial charge in [0.2, 0.25) is 0 Å². The van der Waals surface area contributed by atoms with Gasteiger partial charge in [0.15, 0.2) is 5.78 Å². The predicted octanol–water partition coefficient (Wildman–Crippen LogP) is 5.75. The highest BCUT2D eigenvalue weighted by atomic mass is 16.5. The number of benzene rings is 3. The second-order valence-corrected chi connectivity index (χ2v) is 7.90. The number of carbonyl (C=O) groups is 2. The molecular formula is C28H27NO5. The van der Waals surface area contributed by atoms with Crippen molar-refractivity contribution in [3.05, 3.63) is 83.6 Å². The fraction of sp³-hybridized carbons (Fsp3) is 0.214. The van der Waals surface area contributed by atoms with Gasteiger partial charge in [0.05, 0.1) is 20.8 Å². The summed E-state index contributed by atoms with van der Waals surface area (Å²) in [5.74, 6) is 0.990. The van der Waals surface area contributed by atoms with Gasteiger partial charge in [0.25, 0.3) is 0 Å². The van der Waals surface area contributed by atoms with Crippen LogP contribution in [0.25, 0.3) is 22.0 Å². The van der Waals surface area contributed by atoms with Crippen LogP contribution in [0.4, 0.5) is 0 Å². The number of nitrogens with zero attached hydrogens (tertiary/aromatic N) is 1. The van der Waals surface area contributed by atoms with E-state index in [1.807, 2.05) is 65.2 Å². The summed E-state index contributed by atoms with van der Waals surface area (Å²) in [6.45, 7) is 4.00. The molecule has 3 aromatic carbocycles. The minimum absolute atomic E-state index is 0.0409. The van der Waals surface area contributed by atoms with Gasteiger partial charge in [-0.05, 0) is 67.4 Å². The number of rotatable bonds is 8. The van der Waals surface area contributed by atoms with Crippen LogP contribution in [0.15, 0.2) is 66.7 Å². The van der Waals surface area contributed by atoms with Gasteiger partial charge < -0.3 is 18.8 Å². The zero-order valence-corrected chi connectivity index (χ0v) is 19.8. The number of hydrogen-bond acceptors (Lipinski definition) is 5. The normalized spacial score (nSPS) is 10.8. The number of Topliss-reactive ketones (excluding diaryl/α,β-unsaturated/α-hetero) is 1. The molecule has 0 unspecified atom stereocenters. The van der Waals surface area contributed by atoms with Gasteiger partial charge >= 0.3 is 5.97 Å². The smallest absolute Gasteiger partial charge is 0.355 e. The number of fused-ring (bicyclic) bond motifs is 1. The summed E-state index contributed by atoms with van der Waals surface area (Å²) < 4.78 is 18.1. The maximum atomic E-state index is 13.3. The molecule has 34 heavy (non-hydrogen) atoms. The first-order chi connectivity index (χ1) is 16.5. The third-order valence-corrected chi connectivity index (χ3v) is 5.79. The Morgan fingerprint density at radius 3 is 2.26 bits per heavy atom. The van der Waals surface area contributed by atoms with Crippen molar-refractivity contribution >= 4 is 22.7 Å². The standard InChI is InChI=1S/C28H27NO5/c1-5-34-28(31)27-26(20-9-12-22(32-3)13-10-20)24-16-21(18(2)30)11-14-25(24)29(27)17-19-7-6-8-23(15-19)33-4/h6-16H,5,17H2,1-4H3. The van der Waals surface area contributed by atoms with E-state index in [0.29, 0.717) is 23.6 Å². The second-order valence-electron chi connectivity index (χ2n) is 7.90. The van der Waals surface area contributed by atoms with E-state index >= 15 is 0 Å². The van der Waals surface area contributed by atoms with Crippen molar-refractivity contribution in [2.45, 2.75) is 20.4 Å². The van der Waals surface area contributed by atoms with Crippen molar-refractivity contribution in [3.63, 3.8) is 0 Å². The van der Waals surface area contributed by atoms with Crippen LogP contribution in [0.2, 0.25) is 0 Å². The van der Waals surface area contributed by atoms with Crippen molar-refractivity contribution in [1.82, 2.24) is 4.57 Å². The van der Waals surface area contributed by atoms with Crippen LogP contribution in [0.1, 0.15) is 40.3 Å². The number of aromatic nitrogens is 1. The van der Waals surface area contributed by atoms with E-state index in [-0.39, 0.29) is 12.4 Å². The highest BCUT2D eigenvalue weighted by Gasteiger charge is 2.26. The third-order valence-electron chi connectivity index (χ3n) is 5.79. The van der Waals surface area contributed by atoms with Gasteiger partial charge in [-0.25, -0.2) is 4.79 Å². The van der Waals surface area contributed by atoms with Gasteiger partial charge in [-0.15, -0.1) is 0 Å². The molecule has 0 aliphatic heterocycles. The Kier molecular flexibility index (Phi) is 6.68. The Balaban J connectivity index is 2.02. The molecule has 0 fully saturated rings. The van der Waals surface area contributed by atoms with E-state index in [4.69, 9.17) is 14.2 Å². The van der Waals surface area contributed by atoms with E-state index in [1.165, 1.54) is 6.92 Å². The molecule has 4 aromatic rings. The third kappa shape index (κ3) is 4.39. The molecule has 174 valence electrons. The monoisotopic (exact) mass is 457 g/mol. The lowest BCUT2D eigenvalue weighted by atomic mass is 9.99. The maximum Gasteiger partial charge on any atom is 0.355 e. The zero-order chi connectivity index (χ0) is 24.2. The summed E-state index contributed by atoms with van der Waals surface area (Å²) in [6.07, 6.45) is 0. The molecule has 0 aliphatic carbocycles. The predicted molar refractivity (Wildman–Crippen MR) is 132 cm³/mol. The zero-order valence-electron chi connectivity index (χ0n) is 19.8. The molecule has 6 nitrogen and oxygen atoms in total. The molecule has 0 aliphatic rings.